The van der Waals surface area contributed by atoms with E-state index in [9.17, 15) is 0 Å². The molecule has 0 unspecified atom stereocenters. The van der Waals surface area contributed by atoms with E-state index in [4.69, 9.17) is 0 Å². The monoisotopic (exact) mass is 377 g/mol. The lowest BCUT2D eigenvalue weighted by atomic mass is 10.0. The summed E-state index contributed by atoms with van der Waals surface area (Å²) in [4.78, 5) is 2.75. The summed E-state index contributed by atoms with van der Waals surface area (Å²) in [6.45, 7) is 7.60. The Kier molecular flexibility index (Phi) is 13.0. The van der Waals surface area contributed by atoms with Crippen molar-refractivity contribution in [2.24, 2.45) is 0 Å². The zero-order chi connectivity index (χ0) is 19.0. The first-order valence-electron chi connectivity index (χ1n) is 12.8. The summed E-state index contributed by atoms with van der Waals surface area (Å²) < 4.78 is 2.71. The van der Waals surface area contributed by atoms with Crippen molar-refractivity contribution in [1.29, 1.82) is 0 Å². The maximum Gasteiger partial charge on any atom is 0.246 e. The van der Waals surface area contributed by atoms with Crippen LogP contribution >= 0.6 is 0 Å². The van der Waals surface area contributed by atoms with Crippen LogP contribution in [0, 0.1) is 0 Å². The summed E-state index contributed by atoms with van der Waals surface area (Å²) in [7, 11) is 0. The van der Waals surface area contributed by atoms with E-state index in [2.05, 4.69) is 16.4 Å². The minimum Gasteiger partial charge on any atom is -0.266 e. The molecule has 0 saturated heterocycles. The number of rotatable bonds is 15. The Balaban J connectivity index is 1.39. The molecule has 158 valence electrons. The van der Waals surface area contributed by atoms with Crippen LogP contribution in [0.3, 0.4) is 0 Å². The van der Waals surface area contributed by atoms with E-state index in [1.807, 2.05) is 0 Å². The highest BCUT2D eigenvalue weighted by Gasteiger charge is 2.27. The van der Waals surface area contributed by atoms with Gasteiger partial charge in [-0.3, -0.25) is 9.48 Å². The number of hydrogen-bond acceptors (Lipinski definition) is 1. The van der Waals surface area contributed by atoms with Gasteiger partial charge in [-0.15, -0.1) is 0 Å². The highest BCUT2D eigenvalue weighted by molar-refractivity contribution is 5.77. The molecule has 2 nitrogen and oxygen atoms in total. The number of amidine groups is 1. The smallest absolute Gasteiger partial charge is 0.246 e. The number of unbranched alkanes of at least 4 members (excludes halogenated alkanes) is 13. The van der Waals surface area contributed by atoms with E-state index in [1.54, 1.807) is 5.84 Å². The molecule has 2 rings (SSSR count). The average molecular weight is 378 g/mol. The first-order valence-corrected chi connectivity index (χ1v) is 12.8. The van der Waals surface area contributed by atoms with Crippen LogP contribution in [0.4, 0.5) is 0 Å². The molecule has 2 heterocycles. The molecule has 0 aliphatic carbocycles. The molecule has 0 atom stereocenters. The van der Waals surface area contributed by atoms with Gasteiger partial charge in [0.05, 0.1) is 26.2 Å². The molecule has 2 heteroatoms. The van der Waals surface area contributed by atoms with Crippen LogP contribution in [0.1, 0.15) is 129 Å². The van der Waals surface area contributed by atoms with Crippen molar-refractivity contribution in [3.63, 3.8) is 0 Å². The van der Waals surface area contributed by atoms with Crippen molar-refractivity contribution < 1.29 is 4.58 Å². The second-order valence-electron chi connectivity index (χ2n) is 9.15. The topological polar surface area (TPSA) is 6.25 Å². The highest BCUT2D eigenvalue weighted by atomic mass is 15.3. The molecule has 0 spiro atoms. The predicted molar refractivity (Wildman–Crippen MR) is 120 cm³/mol. The SMILES string of the molecule is CCCCCCCCCCCCCCCCN1CCC[N+]2=C1CCCCC2. The van der Waals surface area contributed by atoms with Gasteiger partial charge in [0.1, 0.15) is 0 Å². The summed E-state index contributed by atoms with van der Waals surface area (Å²) in [5.41, 5.74) is 0. The third kappa shape index (κ3) is 9.99. The lowest BCUT2D eigenvalue weighted by molar-refractivity contribution is -0.539. The van der Waals surface area contributed by atoms with Crippen LogP contribution in [0.15, 0.2) is 0 Å². The van der Waals surface area contributed by atoms with Crippen molar-refractivity contribution in [3.8, 4) is 0 Å². The van der Waals surface area contributed by atoms with Gasteiger partial charge in [0.25, 0.3) is 0 Å². The lowest BCUT2D eigenvalue weighted by Crippen LogP contribution is -2.44. The third-order valence-corrected chi connectivity index (χ3v) is 6.70. The quantitative estimate of drug-likeness (QED) is 0.217. The molecule has 27 heavy (non-hydrogen) atoms. The molecule has 0 N–H and O–H groups in total. The molecule has 0 aromatic heterocycles. The van der Waals surface area contributed by atoms with E-state index in [1.165, 1.54) is 148 Å². The van der Waals surface area contributed by atoms with Crippen LogP contribution in [-0.2, 0) is 0 Å². The van der Waals surface area contributed by atoms with E-state index in [0.717, 1.165) is 0 Å². The van der Waals surface area contributed by atoms with Crippen molar-refractivity contribution >= 4 is 5.84 Å². The van der Waals surface area contributed by atoms with Crippen molar-refractivity contribution in [1.82, 2.24) is 4.90 Å². The Morgan fingerprint density at radius 3 is 1.81 bits per heavy atom. The Morgan fingerprint density at radius 1 is 0.630 bits per heavy atom. The minimum atomic E-state index is 1.32. The normalized spacial score (nSPS) is 17.9. The predicted octanol–water partition coefficient (Wildman–Crippen LogP) is 7.16. The maximum absolute atomic E-state index is 2.75. The molecule has 0 bridgehead atoms. The summed E-state index contributed by atoms with van der Waals surface area (Å²) in [5, 5.41) is 0. The molecular formula is C25H49N2+. The van der Waals surface area contributed by atoms with Crippen molar-refractivity contribution in [2.45, 2.75) is 129 Å². The van der Waals surface area contributed by atoms with E-state index in [0.29, 0.717) is 0 Å². The van der Waals surface area contributed by atoms with E-state index < -0.39 is 0 Å². The fourth-order valence-corrected chi connectivity index (χ4v) is 4.97. The molecule has 2 aliphatic heterocycles. The van der Waals surface area contributed by atoms with Gasteiger partial charge < -0.3 is 0 Å². The molecule has 0 amide bonds. The fourth-order valence-electron chi connectivity index (χ4n) is 4.97. The van der Waals surface area contributed by atoms with Crippen LogP contribution < -0.4 is 0 Å². The first kappa shape index (κ1) is 22.8. The standard InChI is InChI=1S/C25H49N2/c1-2-3-4-5-6-7-8-9-10-11-12-13-14-17-21-26-23-19-24-27-22-18-15-16-20-25(26)27/h2-24H2,1H3/q+1. The molecule has 0 fully saturated rings. The first-order chi connectivity index (χ1) is 13.4. The fraction of sp³-hybridized carbons (Fsp3) is 0.960. The Morgan fingerprint density at radius 2 is 1.19 bits per heavy atom. The molecule has 2 aliphatic rings. The van der Waals surface area contributed by atoms with Gasteiger partial charge >= 0.3 is 0 Å². The van der Waals surface area contributed by atoms with E-state index >= 15 is 0 Å². The molecule has 0 saturated carbocycles. The molecule has 0 aromatic rings. The summed E-state index contributed by atoms with van der Waals surface area (Å²) in [5.74, 6) is 1.70. The Labute approximate surface area is 170 Å². The van der Waals surface area contributed by atoms with Crippen LogP contribution in [0.25, 0.3) is 0 Å². The third-order valence-electron chi connectivity index (χ3n) is 6.70. The van der Waals surface area contributed by atoms with Gasteiger partial charge in [0.2, 0.25) is 5.84 Å². The summed E-state index contributed by atoms with van der Waals surface area (Å²) >= 11 is 0. The average Bonchev–Trinajstić information content (AvgIpc) is 2.94. The second kappa shape index (κ2) is 15.4. The molecule has 0 aromatic carbocycles. The zero-order valence-electron chi connectivity index (χ0n) is 18.7. The Hall–Kier alpha value is -0.530. The van der Waals surface area contributed by atoms with Crippen molar-refractivity contribution in [2.75, 3.05) is 26.2 Å². The van der Waals surface area contributed by atoms with Gasteiger partial charge in [-0.05, 0) is 32.1 Å². The maximum atomic E-state index is 2.75. The summed E-state index contributed by atoms with van der Waals surface area (Å²) in [6, 6.07) is 0. The molecular weight excluding hydrogens is 328 g/mol. The molecule has 0 radical (unpaired) electrons. The van der Waals surface area contributed by atoms with Crippen LogP contribution in [-0.4, -0.2) is 41.5 Å². The summed E-state index contributed by atoms with van der Waals surface area (Å²) in [6.07, 6.45) is 27.4. The van der Waals surface area contributed by atoms with Gasteiger partial charge in [0.15, 0.2) is 0 Å². The number of nitrogens with zero attached hydrogens (tertiary/aromatic N) is 2. The lowest BCUT2D eigenvalue weighted by Gasteiger charge is -2.26. The Bertz CT molecular complexity index is 388. The van der Waals surface area contributed by atoms with Crippen LogP contribution in [0.5, 0.6) is 0 Å². The van der Waals surface area contributed by atoms with E-state index in [-0.39, 0.29) is 0 Å². The van der Waals surface area contributed by atoms with Gasteiger partial charge in [-0.2, -0.15) is 0 Å². The van der Waals surface area contributed by atoms with Gasteiger partial charge in [0, 0.05) is 12.8 Å². The zero-order valence-corrected chi connectivity index (χ0v) is 18.7. The largest absolute Gasteiger partial charge is 0.266 e. The highest BCUT2D eigenvalue weighted by Crippen LogP contribution is 2.17. The van der Waals surface area contributed by atoms with Crippen molar-refractivity contribution in [3.05, 3.63) is 0 Å². The number of hydrogen-bond donors (Lipinski definition) is 0. The van der Waals surface area contributed by atoms with Gasteiger partial charge in [-0.1, -0.05) is 84.0 Å². The second-order valence-corrected chi connectivity index (χ2v) is 9.15. The minimum absolute atomic E-state index is 1.32. The van der Waals surface area contributed by atoms with Crippen LogP contribution in [0.2, 0.25) is 0 Å². The van der Waals surface area contributed by atoms with Gasteiger partial charge in [-0.25, -0.2) is 0 Å².